The van der Waals surface area contributed by atoms with Crippen molar-refractivity contribution in [3.8, 4) is 5.88 Å². The number of hydrogen-bond acceptors (Lipinski definition) is 6. The van der Waals surface area contributed by atoms with E-state index in [4.69, 9.17) is 9.47 Å². The van der Waals surface area contributed by atoms with Gasteiger partial charge in [0.25, 0.3) is 0 Å². The zero-order valence-corrected chi connectivity index (χ0v) is 11.7. The molecule has 2 heterocycles. The van der Waals surface area contributed by atoms with Gasteiger partial charge in [-0.05, 0) is 19.8 Å². The van der Waals surface area contributed by atoms with E-state index in [9.17, 15) is 5.11 Å². The molecule has 2 rings (SSSR count). The number of aliphatic hydroxyl groups is 1. The van der Waals surface area contributed by atoms with Gasteiger partial charge in [-0.25, -0.2) is 4.98 Å². The maximum Gasteiger partial charge on any atom is 0.228 e. The number of aryl methyl sites for hydroxylation is 1. The molecule has 0 bridgehead atoms. The topological polar surface area (TPSA) is 67.7 Å². The number of piperidine rings is 1. The fraction of sp³-hybridized carbons (Fsp3) is 0.692. The van der Waals surface area contributed by atoms with E-state index in [-0.39, 0.29) is 0 Å². The second-order valence-electron chi connectivity index (χ2n) is 5.00. The molecule has 1 aliphatic heterocycles. The molecule has 19 heavy (non-hydrogen) atoms. The minimum absolute atomic E-state index is 0.374. The first-order valence-electron chi connectivity index (χ1n) is 6.42. The highest BCUT2D eigenvalue weighted by molar-refractivity contribution is 5.35. The number of ether oxygens (including phenoxy) is 2. The first-order chi connectivity index (χ1) is 9.06. The summed E-state index contributed by atoms with van der Waals surface area (Å²) in [6, 6.07) is 1.80. The van der Waals surface area contributed by atoms with Crippen LogP contribution in [0.3, 0.4) is 0 Å². The molecule has 0 saturated carbocycles. The normalized spacial score (nSPS) is 18.4. The van der Waals surface area contributed by atoms with Crippen molar-refractivity contribution in [3.05, 3.63) is 11.8 Å². The van der Waals surface area contributed by atoms with E-state index in [1.807, 2.05) is 6.92 Å². The third kappa shape index (κ3) is 3.33. The molecule has 1 N–H and O–H groups in total. The van der Waals surface area contributed by atoms with Crippen molar-refractivity contribution in [3.63, 3.8) is 0 Å². The fourth-order valence-electron chi connectivity index (χ4n) is 2.31. The number of rotatable bonds is 4. The second kappa shape index (κ2) is 5.71. The van der Waals surface area contributed by atoms with Gasteiger partial charge in [0, 0.05) is 32.0 Å². The molecule has 106 valence electrons. The molecule has 1 fully saturated rings. The van der Waals surface area contributed by atoms with Crippen LogP contribution in [0.1, 0.15) is 18.5 Å². The molecule has 1 aromatic rings. The summed E-state index contributed by atoms with van der Waals surface area (Å²) in [5.41, 5.74) is 0.152. The third-order valence-corrected chi connectivity index (χ3v) is 3.42. The van der Waals surface area contributed by atoms with Crippen molar-refractivity contribution in [2.24, 2.45) is 0 Å². The van der Waals surface area contributed by atoms with E-state index in [1.165, 1.54) is 0 Å². The van der Waals surface area contributed by atoms with E-state index in [0.717, 1.165) is 5.69 Å². The van der Waals surface area contributed by atoms with Gasteiger partial charge in [-0.2, -0.15) is 4.98 Å². The molecule has 0 unspecified atom stereocenters. The highest BCUT2D eigenvalue weighted by Crippen LogP contribution is 2.25. The van der Waals surface area contributed by atoms with Crippen LogP contribution < -0.4 is 9.64 Å². The van der Waals surface area contributed by atoms with Gasteiger partial charge in [0.15, 0.2) is 0 Å². The second-order valence-corrected chi connectivity index (χ2v) is 5.00. The number of anilines is 1. The zero-order valence-electron chi connectivity index (χ0n) is 11.7. The van der Waals surface area contributed by atoms with Crippen molar-refractivity contribution in [2.75, 3.05) is 38.8 Å². The minimum Gasteiger partial charge on any atom is -0.481 e. The number of hydrogen-bond donors (Lipinski definition) is 1. The summed E-state index contributed by atoms with van der Waals surface area (Å²) in [5, 5.41) is 10.3. The molecule has 0 atom stereocenters. The quantitative estimate of drug-likeness (QED) is 0.869. The molecule has 6 nitrogen and oxygen atoms in total. The summed E-state index contributed by atoms with van der Waals surface area (Å²) >= 11 is 0. The van der Waals surface area contributed by atoms with Gasteiger partial charge in [-0.3, -0.25) is 0 Å². The van der Waals surface area contributed by atoms with Crippen LogP contribution in [0.2, 0.25) is 0 Å². The summed E-state index contributed by atoms with van der Waals surface area (Å²) in [7, 11) is 3.21. The molecule has 0 spiro atoms. The average molecular weight is 267 g/mol. The SMILES string of the molecule is COCC1(O)CCN(c2nc(C)cc(OC)n2)CC1. The Morgan fingerprint density at radius 1 is 1.32 bits per heavy atom. The lowest BCUT2D eigenvalue weighted by Gasteiger charge is -2.37. The largest absolute Gasteiger partial charge is 0.481 e. The monoisotopic (exact) mass is 267 g/mol. The van der Waals surface area contributed by atoms with Crippen molar-refractivity contribution in [1.82, 2.24) is 9.97 Å². The van der Waals surface area contributed by atoms with E-state index in [1.54, 1.807) is 20.3 Å². The smallest absolute Gasteiger partial charge is 0.228 e. The van der Waals surface area contributed by atoms with E-state index in [0.29, 0.717) is 44.4 Å². The average Bonchev–Trinajstić information content (AvgIpc) is 2.38. The fourth-order valence-corrected chi connectivity index (χ4v) is 2.31. The molecule has 0 aromatic carbocycles. The van der Waals surface area contributed by atoms with Crippen molar-refractivity contribution in [1.29, 1.82) is 0 Å². The van der Waals surface area contributed by atoms with Crippen LogP contribution in [-0.4, -0.2) is 54.6 Å². The van der Waals surface area contributed by atoms with Gasteiger partial charge in [0.05, 0.1) is 19.3 Å². The Bertz CT molecular complexity index is 431. The Balaban J connectivity index is 2.07. The summed E-state index contributed by atoms with van der Waals surface area (Å²) in [6.07, 6.45) is 1.31. The standard InChI is InChI=1S/C13H21N3O3/c1-10-8-11(19-3)15-12(14-10)16-6-4-13(17,5-7-16)9-18-2/h8,17H,4-7,9H2,1-3H3. The predicted molar refractivity (Wildman–Crippen MR) is 71.6 cm³/mol. The van der Waals surface area contributed by atoms with Crippen LogP contribution in [0.25, 0.3) is 0 Å². The highest BCUT2D eigenvalue weighted by atomic mass is 16.5. The summed E-state index contributed by atoms with van der Waals surface area (Å²) in [4.78, 5) is 10.8. The molecule has 1 aliphatic rings. The Morgan fingerprint density at radius 3 is 2.58 bits per heavy atom. The van der Waals surface area contributed by atoms with Crippen molar-refractivity contribution < 1.29 is 14.6 Å². The van der Waals surface area contributed by atoms with Crippen LogP contribution in [0, 0.1) is 6.92 Å². The van der Waals surface area contributed by atoms with Gasteiger partial charge in [-0.15, -0.1) is 0 Å². The summed E-state index contributed by atoms with van der Waals surface area (Å²) in [6.45, 7) is 3.72. The lowest BCUT2D eigenvalue weighted by atomic mass is 9.92. The van der Waals surface area contributed by atoms with Crippen molar-refractivity contribution >= 4 is 5.95 Å². The van der Waals surface area contributed by atoms with Gasteiger partial charge < -0.3 is 19.5 Å². The first-order valence-corrected chi connectivity index (χ1v) is 6.42. The maximum atomic E-state index is 10.3. The predicted octanol–water partition coefficient (Wildman–Crippen LogP) is 0.771. The van der Waals surface area contributed by atoms with Gasteiger partial charge in [-0.1, -0.05) is 0 Å². The summed E-state index contributed by atoms with van der Waals surface area (Å²) < 4.78 is 10.2. The van der Waals surface area contributed by atoms with Crippen LogP contribution in [0.5, 0.6) is 5.88 Å². The Morgan fingerprint density at radius 2 is 2.00 bits per heavy atom. The number of nitrogens with zero attached hydrogens (tertiary/aromatic N) is 3. The third-order valence-electron chi connectivity index (χ3n) is 3.42. The van der Waals surface area contributed by atoms with E-state index >= 15 is 0 Å². The van der Waals surface area contributed by atoms with Crippen LogP contribution in [0.15, 0.2) is 6.07 Å². The van der Waals surface area contributed by atoms with Gasteiger partial charge in [0.1, 0.15) is 0 Å². The molecule has 0 radical (unpaired) electrons. The minimum atomic E-state index is -0.723. The lowest BCUT2D eigenvalue weighted by molar-refractivity contribution is -0.0473. The molecular formula is C13H21N3O3. The Hall–Kier alpha value is -1.40. The first kappa shape index (κ1) is 14.0. The Kier molecular flexibility index (Phi) is 4.21. The molecule has 6 heteroatoms. The Labute approximate surface area is 113 Å². The molecule has 1 aromatic heterocycles. The maximum absolute atomic E-state index is 10.3. The molecule has 0 aliphatic carbocycles. The number of aromatic nitrogens is 2. The number of methoxy groups -OCH3 is 2. The van der Waals surface area contributed by atoms with Crippen LogP contribution in [-0.2, 0) is 4.74 Å². The van der Waals surface area contributed by atoms with Crippen LogP contribution >= 0.6 is 0 Å². The molecule has 0 amide bonds. The molecule has 1 saturated heterocycles. The zero-order chi connectivity index (χ0) is 13.9. The lowest BCUT2D eigenvalue weighted by Crippen LogP contribution is -2.47. The van der Waals surface area contributed by atoms with E-state index < -0.39 is 5.60 Å². The summed E-state index contributed by atoms with van der Waals surface area (Å²) in [5.74, 6) is 1.23. The van der Waals surface area contributed by atoms with Crippen molar-refractivity contribution in [2.45, 2.75) is 25.4 Å². The molecular weight excluding hydrogens is 246 g/mol. The highest BCUT2D eigenvalue weighted by Gasteiger charge is 2.33. The van der Waals surface area contributed by atoms with Gasteiger partial charge in [0.2, 0.25) is 11.8 Å². The van der Waals surface area contributed by atoms with E-state index in [2.05, 4.69) is 14.9 Å². The van der Waals surface area contributed by atoms with Gasteiger partial charge >= 0.3 is 0 Å². The van der Waals surface area contributed by atoms with Crippen LogP contribution in [0.4, 0.5) is 5.95 Å².